The van der Waals surface area contributed by atoms with Crippen LogP contribution in [0.1, 0.15) is 30.9 Å². The highest BCUT2D eigenvalue weighted by Gasteiger charge is 2.18. The molecule has 7 heteroatoms. The summed E-state index contributed by atoms with van der Waals surface area (Å²) in [6.45, 7) is 1.89. The van der Waals surface area contributed by atoms with Crippen LogP contribution < -0.4 is 0 Å². The van der Waals surface area contributed by atoms with E-state index in [1.165, 1.54) is 0 Å². The van der Waals surface area contributed by atoms with Gasteiger partial charge in [-0.05, 0) is 6.42 Å². The summed E-state index contributed by atoms with van der Waals surface area (Å²) in [5.41, 5.74) is 1.42. The van der Waals surface area contributed by atoms with E-state index in [9.17, 15) is 13.6 Å². The van der Waals surface area contributed by atoms with Gasteiger partial charge in [0.25, 0.3) is 0 Å². The molecule has 0 radical (unpaired) electrons. The number of unbranched alkanes of at least 4 members (excludes halogenated alkanes) is 1. The van der Waals surface area contributed by atoms with E-state index in [1.54, 1.807) is 48.5 Å². The molecule has 2 aromatic rings. The van der Waals surface area contributed by atoms with Gasteiger partial charge in [0.1, 0.15) is 11.4 Å². The second-order valence-electron chi connectivity index (χ2n) is 5.31. The summed E-state index contributed by atoms with van der Waals surface area (Å²) < 4.78 is 28.7. The van der Waals surface area contributed by atoms with Gasteiger partial charge in [0, 0.05) is 11.1 Å². The molecule has 0 amide bonds. The van der Waals surface area contributed by atoms with Gasteiger partial charge in [-0.3, -0.25) is 4.28 Å². The Balaban J connectivity index is 2.42. The van der Waals surface area contributed by atoms with Crippen molar-refractivity contribution in [2.24, 2.45) is 10.3 Å². The first kappa shape index (κ1) is 18.7. The van der Waals surface area contributed by atoms with Crippen molar-refractivity contribution in [2.45, 2.75) is 19.8 Å². The van der Waals surface area contributed by atoms with E-state index in [-0.39, 0.29) is 17.2 Å². The highest BCUT2D eigenvalue weighted by molar-refractivity contribution is 7.86. The van der Waals surface area contributed by atoms with E-state index >= 15 is 0 Å². The lowest BCUT2D eigenvalue weighted by molar-refractivity contribution is 0.319. The van der Waals surface area contributed by atoms with E-state index in [1.807, 2.05) is 19.1 Å². The van der Waals surface area contributed by atoms with E-state index in [4.69, 9.17) is 4.28 Å². The molecule has 0 spiro atoms. The molecular weight excluding hydrogens is 340 g/mol. The highest BCUT2D eigenvalue weighted by Crippen LogP contribution is 2.12. The molecule has 0 atom stereocenters. The zero-order valence-corrected chi connectivity index (χ0v) is 14.7. The quantitative estimate of drug-likeness (QED) is 0.444. The topological polar surface area (TPSA) is 88.3 Å². The van der Waals surface area contributed by atoms with Crippen molar-refractivity contribution in [3.63, 3.8) is 0 Å². The molecule has 6 nitrogen and oxygen atoms in total. The van der Waals surface area contributed by atoms with Crippen LogP contribution in [-0.4, -0.2) is 30.8 Å². The van der Waals surface area contributed by atoms with Crippen molar-refractivity contribution in [3.05, 3.63) is 71.8 Å². The Kier molecular flexibility index (Phi) is 6.71. The van der Waals surface area contributed by atoms with Crippen LogP contribution in [0.3, 0.4) is 0 Å². The van der Waals surface area contributed by atoms with Gasteiger partial charge in [-0.25, -0.2) is 0 Å². The van der Waals surface area contributed by atoms with Crippen molar-refractivity contribution in [2.75, 3.05) is 5.75 Å². The van der Waals surface area contributed by atoms with Crippen molar-refractivity contribution >= 4 is 21.5 Å². The van der Waals surface area contributed by atoms with Gasteiger partial charge < -0.3 is 5.21 Å². The van der Waals surface area contributed by atoms with Crippen LogP contribution in [0.2, 0.25) is 0 Å². The fraction of sp³-hybridized carbons (Fsp3) is 0.222. The number of oxime groups is 2. The molecule has 2 aromatic carbocycles. The lowest BCUT2D eigenvalue weighted by Crippen LogP contribution is -2.19. The smallest absolute Gasteiger partial charge is 0.328 e. The lowest BCUT2D eigenvalue weighted by atomic mass is 10.0. The third-order valence-corrected chi connectivity index (χ3v) is 4.50. The third kappa shape index (κ3) is 5.42. The maximum atomic E-state index is 11.9. The Bertz CT molecular complexity index is 832. The maximum Gasteiger partial charge on any atom is 0.328 e. The molecule has 0 heterocycles. The molecule has 0 aliphatic carbocycles. The van der Waals surface area contributed by atoms with Crippen LogP contribution in [0.4, 0.5) is 0 Å². The van der Waals surface area contributed by atoms with E-state index < -0.39 is 10.1 Å². The van der Waals surface area contributed by atoms with Crippen molar-refractivity contribution < 1.29 is 17.9 Å². The van der Waals surface area contributed by atoms with Gasteiger partial charge in [-0.2, -0.15) is 8.42 Å². The van der Waals surface area contributed by atoms with Crippen LogP contribution in [0.15, 0.2) is 71.0 Å². The molecule has 25 heavy (non-hydrogen) atoms. The van der Waals surface area contributed by atoms with Gasteiger partial charge >= 0.3 is 10.1 Å². The summed E-state index contributed by atoms with van der Waals surface area (Å²) in [5, 5.41) is 16.6. The zero-order chi connectivity index (χ0) is 18.1. The Morgan fingerprint density at radius 1 is 0.960 bits per heavy atom. The fourth-order valence-corrected chi connectivity index (χ4v) is 3.02. The molecule has 0 unspecified atom stereocenters. The van der Waals surface area contributed by atoms with Crippen molar-refractivity contribution in [3.8, 4) is 0 Å². The monoisotopic (exact) mass is 360 g/mol. The van der Waals surface area contributed by atoms with Gasteiger partial charge in [-0.1, -0.05) is 84.3 Å². The largest absolute Gasteiger partial charge is 0.410 e. The highest BCUT2D eigenvalue weighted by atomic mass is 32.2. The average molecular weight is 360 g/mol. The molecule has 0 saturated heterocycles. The van der Waals surface area contributed by atoms with Crippen LogP contribution in [-0.2, 0) is 14.4 Å². The zero-order valence-electron chi connectivity index (χ0n) is 13.9. The third-order valence-electron chi connectivity index (χ3n) is 3.41. The predicted octanol–water partition coefficient (Wildman–Crippen LogP) is 3.42. The molecule has 0 fully saturated rings. The van der Waals surface area contributed by atoms with Crippen molar-refractivity contribution in [1.82, 2.24) is 0 Å². The Hall–Kier alpha value is -2.67. The molecule has 2 rings (SSSR count). The van der Waals surface area contributed by atoms with Gasteiger partial charge in [0.15, 0.2) is 0 Å². The number of benzene rings is 2. The minimum atomic E-state index is -3.79. The number of rotatable bonds is 8. The van der Waals surface area contributed by atoms with Crippen molar-refractivity contribution in [1.29, 1.82) is 0 Å². The summed E-state index contributed by atoms with van der Waals surface area (Å²) in [5.74, 6) is -0.119. The van der Waals surface area contributed by atoms with Gasteiger partial charge in [0.2, 0.25) is 0 Å². The first-order chi connectivity index (χ1) is 12.1. The molecule has 1 N–H and O–H groups in total. The van der Waals surface area contributed by atoms with Crippen LogP contribution in [0, 0.1) is 0 Å². The maximum absolute atomic E-state index is 11.9. The first-order valence-electron chi connectivity index (χ1n) is 7.90. The lowest BCUT2D eigenvalue weighted by Gasteiger charge is -2.09. The normalized spacial score (nSPS) is 12.8. The second kappa shape index (κ2) is 8.98. The van der Waals surface area contributed by atoms with E-state index in [0.29, 0.717) is 17.5 Å². The van der Waals surface area contributed by atoms with E-state index in [0.717, 1.165) is 6.42 Å². The Morgan fingerprint density at radius 2 is 1.48 bits per heavy atom. The van der Waals surface area contributed by atoms with Gasteiger partial charge in [-0.15, -0.1) is 0 Å². The Labute approximate surface area is 147 Å². The SMILES string of the molecule is CCCCS(=O)(=O)ON=C(C(=NO)c1ccccc1)c1ccccc1. The summed E-state index contributed by atoms with van der Waals surface area (Å²) in [4.78, 5) is 0. The molecule has 0 aliphatic rings. The van der Waals surface area contributed by atoms with Crippen LogP contribution in [0.25, 0.3) is 0 Å². The Morgan fingerprint density at radius 3 is 1.96 bits per heavy atom. The summed E-state index contributed by atoms with van der Waals surface area (Å²) in [7, 11) is -3.79. The summed E-state index contributed by atoms with van der Waals surface area (Å²) >= 11 is 0. The summed E-state index contributed by atoms with van der Waals surface area (Å²) in [6.07, 6.45) is 1.21. The predicted molar refractivity (Wildman–Crippen MR) is 97.5 cm³/mol. The van der Waals surface area contributed by atoms with Crippen LogP contribution in [0.5, 0.6) is 0 Å². The molecule has 0 aromatic heterocycles. The standard InChI is InChI=1S/C18H20N2O4S/c1-2-3-14-25(22,23)24-20-18(16-12-8-5-9-13-16)17(19-21)15-10-6-4-7-11-15/h4-13,21H,2-3,14H2,1H3. The molecule has 0 aliphatic heterocycles. The molecule has 132 valence electrons. The molecule has 0 bridgehead atoms. The first-order valence-corrected chi connectivity index (χ1v) is 9.47. The molecular formula is C18H20N2O4S. The average Bonchev–Trinajstić information content (AvgIpc) is 2.65. The minimum absolute atomic E-state index is 0.119. The summed E-state index contributed by atoms with van der Waals surface area (Å²) in [6, 6.07) is 17.7. The van der Waals surface area contributed by atoms with E-state index in [2.05, 4.69) is 10.3 Å². The number of hydrogen-bond acceptors (Lipinski definition) is 6. The fourth-order valence-electron chi connectivity index (χ4n) is 2.12. The van der Waals surface area contributed by atoms with Crippen LogP contribution >= 0.6 is 0 Å². The molecule has 0 saturated carbocycles. The number of nitrogens with zero attached hydrogens (tertiary/aromatic N) is 2. The second-order valence-corrected chi connectivity index (χ2v) is 6.98. The number of hydrogen-bond donors (Lipinski definition) is 1. The van der Waals surface area contributed by atoms with Gasteiger partial charge in [0.05, 0.1) is 5.75 Å². The minimum Gasteiger partial charge on any atom is -0.410 e.